The van der Waals surface area contributed by atoms with Gasteiger partial charge in [-0.05, 0) is 25.0 Å². The van der Waals surface area contributed by atoms with Gasteiger partial charge in [-0.25, -0.2) is 0 Å². The van der Waals surface area contributed by atoms with E-state index in [1.165, 1.54) is 32.1 Å². The van der Waals surface area contributed by atoms with E-state index in [0.717, 1.165) is 5.82 Å². The summed E-state index contributed by atoms with van der Waals surface area (Å²) in [5.74, 6) is 0.755. The first-order valence-electron chi connectivity index (χ1n) is 7.53. The minimum absolute atomic E-state index is 0.0827. The van der Waals surface area contributed by atoms with Crippen molar-refractivity contribution in [3.05, 3.63) is 36.2 Å². The summed E-state index contributed by atoms with van der Waals surface area (Å²) in [5.41, 5.74) is 0.652. The van der Waals surface area contributed by atoms with Gasteiger partial charge in [0.15, 0.2) is 5.82 Å². The van der Waals surface area contributed by atoms with E-state index in [9.17, 15) is 4.79 Å². The molecule has 1 amide bonds. The maximum absolute atomic E-state index is 12.1. The van der Waals surface area contributed by atoms with E-state index in [1.54, 1.807) is 17.0 Å². The van der Waals surface area contributed by atoms with Crippen LogP contribution in [0.15, 0.2) is 24.7 Å². The van der Waals surface area contributed by atoms with Gasteiger partial charge in [0.25, 0.3) is 5.91 Å². The van der Waals surface area contributed by atoms with Crippen LogP contribution in [0.5, 0.6) is 0 Å². The number of hydrogen-bond donors (Lipinski definition) is 1. The maximum Gasteiger partial charge on any atom is 0.268 e. The molecule has 0 bridgehead atoms. The summed E-state index contributed by atoms with van der Waals surface area (Å²) >= 11 is 0. The fourth-order valence-electron chi connectivity index (χ4n) is 3.00. The Labute approximate surface area is 124 Å². The number of carbonyl (C=O) groups excluding carboxylic acids is 1. The molecule has 0 aromatic carbocycles. The van der Waals surface area contributed by atoms with Crippen LogP contribution < -0.4 is 5.32 Å². The lowest BCUT2D eigenvalue weighted by atomic mass is 9.95. The molecule has 2 aromatic heterocycles. The molecular formula is C15H21N5O. The maximum atomic E-state index is 12.1. The van der Waals surface area contributed by atoms with Gasteiger partial charge in [-0.3, -0.25) is 4.79 Å². The number of nitrogens with zero attached hydrogens (tertiary/aromatic N) is 4. The normalized spacial score (nSPS) is 16.0. The molecule has 1 N–H and O–H groups in total. The number of nitrogens with one attached hydrogen (secondary N) is 1. The third-order valence-corrected chi connectivity index (χ3v) is 4.20. The molecule has 2 aromatic rings. The molecule has 112 valence electrons. The molecule has 6 nitrogen and oxygen atoms in total. The van der Waals surface area contributed by atoms with Crippen molar-refractivity contribution in [3.8, 4) is 0 Å². The van der Waals surface area contributed by atoms with E-state index >= 15 is 0 Å². The zero-order valence-corrected chi connectivity index (χ0v) is 12.3. The van der Waals surface area contributed by atoms with Crippen LogP contribution in [0.25, 0.3) is 0 Å². The Balaban J connectivity index is 1.64. The molecule has 1 aliphatic rings. The van der Waals surface area contributed by atoms with Crippen LogP contribution in [0.4, 0.5) is 0 Å². The molecule has 6 heteroatoms. The number of carbonyl (C=O) groups is 1. The number of rotatable bonds is 4. The third-order valence-electron chi connectivity index (χ3n) is 4.20. The minimum atomic E-state index is -0.0827. The van der Waals surface area contributed by atoms with Gasteiger partial charge in [-0.1, -0.05) is 19.3 Å². The van der Waals surface area contributed by atoms with Crippen molar-refractivity contribution in [1.82, 2.24) is 24.6 Å². The third kappa shape index (κ3) is 2.99. The van der Waals surface area contributed by atoms with Crippen LogP contribution in [0.3, 0.4) is 0 Å². The van der Waals surface area contributed by atoms with E-state index in [0.29, 0.717) is 18.3 Å². The Kier molecular flexibility index (Phi) is 4.03. The molecule has 1 fully saturated rings. The number of aromatic nitrogens is 4. The first kappa shape index (κ1) is 13.9. The number of aryl methyl sites for hydroxylation is 1. The van der Waals surface area contributed by atoms with Gasteiger partial charge in [0.2, 0.25) is 0 Å². The highest BCUT2D eigenvalue weighted by Crippen LogP contribution is 2.28. The first-order valence-corrected chi connectivity index (χ1v) is 7.53. The summed E-state index contributed by atoms with van der Waals surface area (Å²) < 4.78 is 3.94. The molecule has 1 aliphatic carbocycles. The topological polar surface area (TPSA) is 64.7 Å². The average molecular weight is 287 g/mol. The first-order chi connectivity index (χ1) is 10.3. The van der Waals surface area contributed by atoms with Crippen molar-refractivity contribution in [1.29, 1.82) is 0 Å². The van der Waals surface area contributed by atoms with E-state index in [1.807, 2.05) is 19.3 Å². The fourth-order valence-corrected chi connectivity index (χ4v) is 3.00. The van der Waals surface area contributed by atoms with Crippen molar-refractivity contribution in [3.63, 3.8) is 0 Å². The van der Waals surface area contributed by atoms with Gasteiger partial charge in [-0.2, -0.15) is 0 Å². The van der Waals surface area contributed by atoms with Crippen LogP contribution in [0.2, 0.25) is 0 Å². The standard InChI is InChI=1S/C15H21N5O/c1-19-9-5-8-13(19)15(21)16-10-14-18-17-11-20(14)12-6-3-2-4-7-12/h5,8-9,11-12H,2-4,6-7,10H2,1H3,(H,16,21). The zero-order valence-electron chi connectivity index (χ0n) is 12.3. The van der Waals surface area contributed by atoms with Crippen LogP contribution in [0.1, 0.15) is 54.5 Å². The SMILES string of the molecule is Cn1cccc1C(=O)NCc1nncn1C1CCCCC1. The Morgan fingerprint density at radius 1 is 1.38 bits per heavy atom. The Morgan fingerprint density at radius 2 is 2.19 bits per heavy atom. The molecule has 0 spiro atoms. The van der Waals surface area contributed by atoms with Gasteiger partial charge in [0, 0.05) is 19.3 Å². The van der Waals surface area contributed by atoms with Crippen LogP contribution in [-0.2, 0) is 13.6 Å². The molecule has 2 heterocycles. The summed E-state index contributed by atoms with van der Waals surface area (Å²) in [5, 5.41) is 11.1. The summed E-state index contributed by atoms with van der Waals surface area (Å²) in [6.07, 6.45) is 9.85. The largest absolute Gasteiger partial charge is 0.347 e. The van der Waals surface area contributed by atoms with Crippen LogP contribution in [-0.4, -0.2) is 25.2 Å². The molecule has 0 aliphatic heterocycles. The van der Waals surface area contributed by atoms with Gasteiger partial charge in [0.1, 0.15) is 12.0 Å². The van der Waals surface area contributed by atoms with Crippen molar-refractivity contribution in [2.75, 3.05) is 0 Å². The molecule has 0 radical (unpaired) electrons. The second kappa shape index (κ2) is 6.11. The molecule has 21 heavy (non-hydrogen) atoms. The summed E-state index contributed by atoms with van der Waals surface area (Å²) in [7, 11) is 1.86. The lowest BCUT2D eigenvalue weighted by Crippen LogP contribution is -2.27. The average Bonchev–Trinajstić information content (AvgIpc) is 3.14. The van der Waals surface area contributed by atoms with Crippen LogP contribution in [0, 0.1) is 0 Å². The van der Waals surface area contributed by atoms with Gasteiger partial charge in [0.05, 0.1) is 6.54 Å². The Bertz CT molecular complexity index is 609. The van der Waals surface area contributed by atoms with Gasteiger partial charge >= 0.3 is 0 Å². The minimum Gasteiger partial charge on any atom is -0.347 e. The molecule has 0 atom stereocenters. The van der Waals surface area contributed by atoms with Crippen molar-refractivity contribution < 1.29 is 4.79 Å². The van der Waals surface area contributed by atoms with Crippen molar-refractivity contribution >= 4 is 5.91 Å². The highest BCUT2D eigenvalue weighted by Gasteiger charge is 2.19. The van der Waals surface area contributed by atoms with Crippen LogP contribution >= 0.6 is 0 Å². The van der Waals surface area contributed by atoms with E-state index < -0.39 is 0 Å². The second-order valence-corrected chi connectivity index (χ2v) is 5.63. The molecule has 0 unspecified atom stereocenters. The lowest BCUT2D eigenvalue weighted by Gasteiger charge is -2.24. The highest BCUT2D eigenvalue weighted by molar-refractivity contribution is 5.92. The Hall–Kier alpha value is -2.11. The number of hydrogen-bond acceptors (Lipinski definition) is 3. The zero-order chi connectivity index (χ0) is 14.7. The summed E-state index contributed by atoms with van der Waals surface area (Å²) in [6, 6.07) is 4.15. The van der Waals surface area contributed by atoms with E-state index in [4.69, 9.17) is 0 Å². The Morgan fingerprint density at radius 3 is 2.90 bits per heavy atom. The second-order valence-electron chi connectivity index (χ2n) is 5.63. The lowest BCUT2D eigenvalue weighted by molar-refractivity contribution is 0.0941. The molecule has 1 saturated carbocycles. The summed E-state index contributed by atoms with van der Waals surface area (Å²) in [6.45, 7) is 0.417. The predicted octanol–water partition coefficient (Wildman–Crippen LogP) is 2.05. The number of amides is 1. The monoisotopic (exact) mass is 287 g/mol. The van der Waals surface area contributed by atoms with Gasteiger partial charge in [-0.15, -0.1) is 10.2 Å². The fraction of sp³-hybridized carbons (Fsp3) is 0.533. The van der Waals surface area contributed by atoms with Gasteiger partial charge < -0.3 is 14.5 Å². The smallest absolute Gasteiger partial charge is 0.268 e. The molecular weight excluding hydrogens is 266 g/mol. The molecule has 3 rings (SSSR count). The highest BCUT2D eigenvalue weighted by atomic mass is 16.1. The predicted molar refractivity (Wildman–Crippen MR) is 78.7 cm³/mol. The molecule has 0 saturated heterocycles. The van der Waals surface area contributed by atoms with E-state index in [-0.39, 0.29) is 5.91 Å². The quantitative estimate of drug-likeness (QED) is 0.936. The summed E-state index contributed by atoms with van der Waals surface area (Å²) in [4.78, 5) is 12.1. The van der Waals surface area contributed by atoms with Crippen molar-refractivity contribution in [2.45, 2.75) is 44.7 Å². The van der Waals surface area contributed by atoms with E-state index in [2.05, 4.69) is 20.1 Å². The van der Waals surface area contributed by atoms with Crippen molar-refractivity contribution in [2.24, 2.45) is 7.05 Å².